The van der Waals surface area contributed by atoms with Gasteiger partial charge in [0.25, 0.3) is 0 Å². The van der Waals surface area contributed by atoms with E-state index in [9.17, 15) is 0 Å². The average Bonchev–Trinajstić information content (AvgIpc) is 2.89. The molecule has 0 saturated heterocycles. The maximum Gasteiger partial charge on any atom is 0.232 e. The van der Waals surface area contributed by atoms with Gasteiger partial charge in [0.1, 0.15) is 11.3 Å². The molecule has 4 rings (SSSR count). The van der Waals surface area contributed by atoms with E-state index < -0.39 is 0 Å². The Hall–Kier alpha value is -1.92. The summed E-state index contributed by atoms with van der Waals surface area (Å²) < 4.78 is 2.96. The van der Waals surface area contributed by atoms with Crippen LogP contribution in [0, 0.1) is 0 Å². The Balaban J connectivity index is 2.02. The first-order valence-electron chi connectivity index (χ1n) is 7.23. The van der Waals surface area contributed by atoms with Crippen molar-refractivity contribution in [2.45, 2.75) is 19.5 Å². The fourth-order valence-electron chi connectivity index (χ4n) is 2.71. The Labute approximate surface area is 146 Å². The largest absolute Gasteiger partial charge is 0.365 e. The van der Waals surface area contributed by atoms with Crippen LogP contribution >= 0.6 is 27.5 Å². The summed E-state index contributed by atoms with van der Waals surface area (Å²) in [5.74, 6) is 0.954. The van der Waals surface area contributed by atoms with Gasteiger partial charge in [-0.05, 0) is 47.1 Å². The molecule has 2 aromatic heterocycles. The van der Waals surface area contributed by atoms with Gasteiger partial charge in [0.05, 0.1) is 11.2 Å². The average molecular weight is 391 g/mol. The lowest BCUT2D eigenvalue weighted by Gasteiger charge is -2.07. The van der Waals surface area contributed by atoms with E-state index >= 15 is 0 Å². The molecule has 0 spiro atoms. The van der Waals surface area contributed by atoms with Crippen molar-refractivity contribution in [1.29, 1.82) is 0 Å². The number of rotatable bonds is 1. The maximum absolute atomic E-state index is 6.05. The lowest BCUT2D eigenvalue weighted by atomic mass is 10.3. The molecule has 3 heterocycles. The van der Waals surface area contributed by atoms with Gasteiger partial charge in [-0.25, -0.2) is 15.0 Å². The first kappa shape index (κ1) is 14.7. The van der Waals surface area contributed by atoms with E-state index in [2.05, 4.69) is 47.7 Å². The van der Waals surface area contributed by atoms with Crippen LogP contribution in [0.25, 0.3) is 11.0 Å². The monoisotopic (exact) mass is 389 g/mol. The fourth-order valence-corrected chi connectivity index (χ4v) is 3.21. The molecule has 3 aromatic rings. The van der Waals surface area contributed by atoms with Gasteiger partial charge in [0, 0.05) is 28.3 Å². The Bertz CT molecular complexity index is 982. The van der Waals surface area contributed by atoms with Crippen LogP contribution in [-0.4, -0.2) is 20.6 Å². The smallest absolute Gasteiger partial charge is 0.232 e. The summed E-state index contributed by atoms with van der Waals surface area (Å²) in [5, 5.41) is 4.11. The van der Waals surface area contributed by atoms with E-state index in [1.807, 2.05) is 30.3 Å². The first-order valence-corrected chi connectivity index (χ1v) is 8.40. The van der Waals surface area contributed by atoms with Gasteiger partial charge >= 0.3 is 0 Å². The lowest BCUT2D eigenvalue weighted by molar-refractivity contribution is 0.653. The summed E-state index contributed by atoms with van der Waals surface area (Å²) in [6.45, 7) is 2.93. The molecule has 1 unspecified atom stereocenters. The molecule has 23 heavy (non-hydrogen) atoms. The minimum absolute atomic E-state index is 0.307. The SMILES string of the molecule is CC1Cn2c(c3ncc(Br)cc3nc2=Nc2cccc(Cl)c2)N1. The molecule has 1 aliphatic heterocycles. The molecule has 0 bridgehead atoms. The van der Waals surface area contributed by atoms with Gasteiger partial charge in [-0.3, -0.25) is 4.57 Å². The Morgan fingerprint density at radius 1 is 1.39 bits per heavy atom. The van der Waals surface area contributed by atoms with Gasteiger partial charge in [0.2, 0.25) is 5.62 Å². The molecule has 1 aromatic carbocycles. The van der Waals surface area contributed by atoms with E-state index in [0.29, 0.717) is 16.7 Å². The first-order chi connectivity index (χ1) is 11.1. The number of hydrogen-bond acceptors (Lipinski definition) is 4. The predicted octanol–water partition coefficient (Wildman–Crippen LogP) is 3.89. The molecule has 0 saturated carbocycles. The van der Waals surface area contributed by atoms with Crippen LogP contribution in [0.2, 0.25) is 5.02 Å². The lowest BCUT2D eigenvalue weighted by Crippen LogP contribution is -2.23. The van der Waals surface area contributed by atoms with E-state index in [0.717, 1.165) is 33.6 Å². The van der Waals surface area contributed by atoms with Crippen molar-refractivity contribution in [2.75, 3.05) is 5.32 Å². The molecule has 1 atom stereocenters. The number of pyridine rings is 1. The highest BCUT2D eigenvalue weighted by atomic mass is 79.9. The zero-order chi connectivity index (χ0) is 16.0. The fraction of sp³-hybridized carbons (Fsp3) is 0.188. The van der Waals surface area contributed by atoms with Crippen molar-refractivity contribution in [3.63, 3.8) is 0 Å². The molecule has 5 nitrogen and oxygen atoms in total. The topological polar surface area (TPSA) is 55.1 Å². The molecule has 0 aliphatic carbocycles. The van der Waals surface area contributed by atoms with Gasteiger partial charge in [0.15, 0.2) is 0 Å². The summed E-state index contributed by atoms with van der Waals surface area (Å²) >= 11 is 9.50. The number of nitrogens with one attached hydrogen (secondary N) is 1. The van der Waals surface area contributed by atoms with Crippen LogP contribution in [0.5, 0.6) is 0 Å². The van der Waals surface area contributed by atoms with E-state index in [4.69, 9.17) is 11.6 Å². The highest BCUT2D eigenvalue weighted by Crippen LogP contribution is 2.25. The highest BCUT2D eigenvalue weighted by Gasteiger charge is 2.21. The quantitative estimate of drug-likeness (QED) is 0.686. The number of fused-ring (bicyclic) bond motifs is 3. The zero-order valence-corrected chi connectivity index (χ0v) is 14.6. The van der Waals surface area contributed by atoms with Crippen molar-refractivity contribution >= 4 is 50.1 Å². The molecule has 0 amide bonds. The van der Waals surface area contributed by atoms with Crippen molar-refractivity contribution in [3.05, 3.63) is 51.6 Å². The van der Waals surface area contributed by atoms with Gasteiger partial charge < -0.3 is 5.32 Å². The van der Waals surface area contributed by atoms with Crippen LogP contribution in [-0.2, 0) is 6.54 Å². The summed E-state index contributed by atoms with van der Waals surface area (Å²) in [5.41, 5.74) is 3.07. The molecular formula is C16H13BrClN5. The van der Waals surface area contributed by atoms with E-state index in [1.165, 1.54) is 0 Å². The number of aromatic nitrogens is 3. The molecule has 0 radical (unpaired) electrons. The Morgan fingerprint density at radius 3 is 3.09 bits per heavy atom. The van der Waals surface area contributed by atoms with Crippen LogP contribution in [0.3, 0.4) is 0 Å². The number of anilines is 1. The van der Waals surface area contributed by atoms with Crippen LogP contribution < -0.4 is 10.9 Å². The Morgan fingerprint density at radius 2 is 2.26 bits per heavy atom. The molecule has 1 N–H and O–H groups in total. The van der Waals surface area contributed by atoms with Gasteiger partial charge in [-0.1, -0.05) is 17.7 Å². The summed E-state index contributed by atoms with van der Waals surface area (Å²) in [7, 11) is 0. The third-order valence-corrected chi connectivity index (χ3v) is 4.34. The molecule has 7 heteroatoms. The molecule has 1 aliphatic rings. The normalized spacial score (nSPS) is 17.3. The second kappa shape index (κ2) is 5.62. The van der Waals surface area contributed by atoms with E-state index in [1.54, 1.807) is 6.20 Å². The summed E-state index contributed by atoms with van der Waals surface area (Å²) in [4.78, 5) is 13.9. The third kappa shape index (κ3) is 2.72. The molecule has 0 fully saturated rings. The standard InChI is InChI=1S/C16H13BrClN5/c1-9-8-23-15(20-9)14-13(5-10(17)7-19-14)22-16(23)21-12-4-2-3-11(18)6-12/h2-7,9,20H,8H2,1H3. The van der Waals surface area contributed by atoms with Gasteiger partial charge in [-0.2, -0.15) is 0 Å². The number of nitrogens with zero attached hydrogens (tertiary/aromatic N) is 4. The maximum atomic E-state index is 6.05. The van der Waals surface area contributed by atoms with Crippen LogP contribution in [0.4, 0.5) is 11.5 Å². The minimum atomic E-state index is 0.307. The number of benzene rings is 1. The summed E-state index contributed by atoms with van der Waals surface area (Å²) in [6.07, 6.45) is 1.78. The number of hydrogen-bond donors (Lipinski definition) is 1. The highest BCUT2D eigenvalue weighted by molar-refractivity contribution is 9.10. The van der Waals surface area contributed by atoms with Crippen LogP contribution in [0.1, 0.15) is 6.92 Å². The third-order valence-electron chi connectivity index (χ3n) is 3.67. The molecular weight excluding hydrogens is 378 g/mol. The van der Waals surface area contributed by atoms with Crippen molar-refractivity contribution in [3.8, 4) is 0 Å². The van der Waals surface area contributed by atoms with Crippen molar-refractivity contribution in [1.82, 2.24) is 14.5 Å². The van der Waals surface area contributed by atoms with Gasteiger partial charge in [-0.15, -0.1) is 0 Å². The predicted molar refractivity (Wildman–Crippen MR) is 95.0 cm³/mol. The van der Waals surface area contributed by atoms with Crippen molar-refractivity contribution in [2.24, 2.45) is 4.99 Å². The zero-order valence-electron chi connectivity index (χ0n) is 12.3. The second-order valence-corrected chi connectivity index (χ2v) is 6.88. The summed E-state index contributed by atoms with van der Waals surface area (Å²) in [6, 6.07) is 9.70. The second-order valence-electron chi connectivity index (χ2n) is 5.53. The molecule has 116 valence electrons. The van der Waals surface area contributed by atoms with Crippen LogP contribution in [0.15, 0.2) is 46.0 Å². The van der Waals surface area contributed by atoms with E-state index in [-0.39, 0.29) is 0 Å². The van der Waals surface area contributed by atoms with Crippen molar-refractivity contribution < 1.29 is 0 Å². The minimum Gasteiger partial charge on any atom is -0.365 e. The Kier molecular flexibility index (Phi) is 3.58. The number of halogens is 2.